The predicted octanol–water partition coefficient (Wildman–Crippen LogP) is 3.55. The average molecular weight is 447 g/mol. The number of nitrogens with zero attached hydrogens (tertiary/aromatic N) is 1. The minimum atomic E-state index is -0.930. The highest BCUT2D eigenvalue weighted by molar-refractivity contribution is 5.89. The second kappa shape index (κ2) is 8.39. The number of nitrogens with one attached hydrogen (secondary N) is 1. The number of hydrogen-bond acceptors (Lipinski definition) is 4. The van der Waals surface area contributed by atoms with Crippen LogP contribution in [0, 0.1) is 5.41 Å². The summed E-state index contributed by atoms with van der Waals surface area (Å²) in [5, 5.41) is 11.9. The van der Waals surface area contributed by atoms with E-state index in [1.54, 1.807) is 11.0 Å². The monoisotopic (exact) mass is 446 g/mol. The maximum Gasteiger partial charge on any atom is 0.407 e. The number of alkyl carbamates (subject to hydrolysis) is 1. The van der Waals surface area contributed by atoms with Gasteiger partial charge in [-0.05, 0) is 41.5 Å². The van der Waals surface area contributed by atoms with Crippen molar-refractivity contribution in [1.29, 1.82) is 0 Å². The van der Waals surface area contributed by atoms with Crippen LogP contribution < -0.4 is 5.32 Å². The van der Waals surface area contributed by atoms with Crippen LogP contribution in [0.5, 0.6) is 0 Å². The number of amides is 2. The zero-order valence-corrected chi connectivity index (χ0v) is 18.3. The molecule has 3 aliphatic rings. The van der Waals surface area contributed by atoms with Gasteiger partial charge in [-0.25, -0.2) is 9.59 Å². The number of rotatable bonds is 6. The highest BCUT2D eigenvalue weighted by Crippen LogP contribution is 2.47. The minimum absolute atomic E-state index is 0.0109. The first-order chi connectivity index (χ1) is 16.0. The van der Waals surface area contributed by atoms with Crippen molar-refractivity contribution in [3.05, 3.63) is 71.3 Å². The molecule has 7 nitrogen and oxygen atoms in total. The molecule has 1 aliphatic heterocycles. The Bertz CT molecular complexity index is 1110. The number of fused-ring (bicyclic) bond motifs is 3. The van der Waals surface area contributed by atoms with Gasteiger partial charge in [0.25, 0.3) is 0 Å². The van der Waals surface area contributed by atoms with Crippen LogP contribution in [0.4, 0.5) is 4.79 Å². The van der Waals surface area contributed by atoms with Gasteiger partial charge in [0, 0.05) is 31.1 Å². The minimum Gasteiger partial charge on any atom is -0.478 e. The van der Waals surface area contributed by atoms with Crippen LogP contribution in [0.2, 0.25) is 0 Å². The molecule has 33 heavy (non-hydrogen) atoms. The molecular weight excluding hydrogens is 420 g/mol. The van der Waals surface area contributed by atoms with Crippen LogP contribution in [0.25, 0.3) is 11.1 Å². The van der Waals surface area contributed by atoms with Gasteiger partial charge in [-0.15, -0.1) is 0 Å². The third kappa shape index (κ3) is 3.99. The SMILES string of the molecule is O=C(NCC1(C(=O)N2CC=C(C(=O)O)CC2)CC1)OCC1c2ccccc2-c2ccccc21. The van der Waals surface area contributed by atoms with Crippen molar-refractivity contribution in [1.82, 2.24) is 10.2 Å². The number of carboxylic acids is 1. The molecule has 2 N–H and O–H groups in total. The lowest BCUT2D eigenvalue weighted by molar-refractivity contribution is -0.138. The predicted molar refractivity (Wildman–Crippen MR) is 122 cm³/mol. The highest BCUT2D eigenvalue weighted by atomic mass is 16.5. The lowest BCUT2D eigenvalue weighted by Gasteiger charge is -2.29. The van der Waals surface area contributed by atoms with Gasteiger partial charge in [0.2, 0.25) is 5.91 Å². The van der Waals surface area contributed by atoms with Gasteiger partial charge in [-0.3, -0.25) is 4.79 Å². The molecule has 2 aromatic rings. The van der Waals surface area contributed by atoms with E-state index < -0.39 is 17.5 Å². The standard InChI is InChI=1S/C26H26N2O5/c29-23(30)17-9-13-28(14-10-17)24(31)26(11-12-26)16-27-25(32)33-15-22-20-7-3-1-5-18(20)19-6-2-4-8-21(19)22/h1-9,22H,10-16H2,(H,27,32)(H,29,30). The fraction of sp³-hybridized carbons (Fsp3) is 0.346. The summed E-state index contributed by atoms with van der Waals surface area (Å²) in [6, 6.07) is 16.3. The van der Waals surface area contributed by atoms with Crippen LogP contribution in [0.15, 0.2) is 60.2 Å². The van der Waals surface area contributed by atoms with Crippen LogP contribution in [0.3, 0.4) is 0 Å². The van der Waals surface area contributed by atoms with Crippen molar-refractivity contribution in [2.24, 2.45) is 5.41 Å². The first-order valence-electron chi connectivity index (χ1n) is 11.3. The Morgan fingerprint density at radius 3 is 2.21 bits per heavy atom. The molecule has 0 saturated heterocycles. The molecule has 5 rings (SSSR count). The van der Waals surface area contributed by atoms with Crippen molar-refractivity contribution in [3.8, 4) is 11.1 Å². The summed E-state index contributed by atoms with van der Waals surface area (Å²) in [5.41, 5.74) is 4.40. The van der Waals surface area contributed by atoms with Crippen molar-refractivity contribution in [2.75, 3.05) is 26.2 Å². The molecule has 0 aromatic heterocycles. The van der Waals surface area contributed by atoms with Gasteiger partial charge in [-0.2, -0.15) is 0 Å². The molecule has 0 atom stereocenters. The van der Waals surface area contributed by atoms with Crippen molar-refractivity contribution < 1.29 is 24.2 Å². The van der Waals surface area contributed by atoms with E-state index in [-0.39, 0.29) is 25.0 Å². The summed E-state index contributed by atoms with van der Waals surface area (Å²) >= 11 is 0. The summed E-state index contributed by atoms with van der Waals surface area (Å²) < 4.78 is 5.58. The van der Waals surface area contributed by atoms with E-state index in [0.717, 1.165) is 11.1 Å². The van der Waals surface area contributed by atoms with E-state index in [0.29, 0.717) is 37.9 Å². The Balaban J connectivity index is 1.17. The molecular formula is C26H26N2O5. The molecule has 2 aliphatic carbocycles. The van der Waals surface area contributed by atoms with Gasteiger partial charge in [0.15, 0.2) is 0 Å². The van der Waals surface area contributed by atoms with Crippen LogP contribution in [-0.4, -0.2) is 54.2 Å². The smallest absolute Gasteiger partial charge is 0.407 e. The Morgan fingerprint density at radius 1 is 1.03 bits per heavy atom. The first kappa shape index (κ1) is 21.2. The second-order valence-corrected chi connectivity index (χ2v) is 9.00. The zero-order chi connectivity index (χ0) is 23.0. The van der Waals surface area contributed by atoms with Crippen molar-refractivity contribution in [3.63, 3.8) is 0 Å². The zero-order valence-electron chi connectivity index (χ0n) is 18.3. The molecule has 2 amide bonds. The van der Waals surface area contributed by atoms with E-state index in [4.69, 9.17) is 9.84 Å². The summed E-state index contributed by atoms with van der Waals surface area (Å²) in [7, 11) is 0. The van der Waals surface area contributed by atoms with Crippen molar-refractivity contribution >= 4 is 18.0 Å². The summed E-state index contributed by atoms with van der Waals surface area (Å²) in [5.74, 6) is -0.967. The van der Waals surface area contributed by atoms with Gasteiger partial charge in [-0.1, -0.05) is 54.6 Å². The molecule has 0 bridgehead atoms. The third-order valence-electron chi connectivity index (χ3n) is 6.99. The number of benzene rings is 2. The average Bonchev–Trinajstić information content (AvgIpc) is 3.57. The fourth-order valence-electron chi connectivity index (χ4n) is 4.89. The molecule has 0 radical (unpaired) electrons. The molecule has 1 saturated carbocycles. The maximum atomic E-state index is 13.0. The lowest BCUT2D eigenvalue weighted by Crippen LogP contribution is -2.45. The summed E-state index contributed by atoms with van der Waals surface area (Å²) in [4.78, 5) is 38.2. The van der Waals surface area contributed by atoms with Crippen molar-refractivity contribution in [2.45, 2.75) is 25.2 Å². The first-order valence-corrected chi connectivity index (χ1v) is 11.3. The molecule has 2 aromatic carbocycles. The van der Waals surface area contributed by atoms with Gasteiger partial charge >= 0.3 is 12.1 Å². The van der Waals surface area contributed by atoms with E-state index in [1.807, 2.05) is 24.3 Å². The number of carbonyl (C=O) groups is 3. The quantitative estimate of drug-likeness (QED) is 0.708. The molecule has 7 heteroatoms. The van der Waals surface area contributed by atoms with Crippen LogP contribution in [-0.2, 0) is 14.3 Å². The molecule has 170 valence electrons. The number of carboxylic acid groups (broad SMARTS) is 1. The number of aliphatic carboxylic acids is 1. The summed E-state index contributed by atoms with van der Waals surface area (Å²) in [6.07, 6.45) is 2.83. The Hall–Kier alpha value is -3.61. The Morgan fingerprint density at radius 2 is 1.67 bits per heavy atom. The van der Waals surface area contributed by atoms with Gasteiger partial charge < -0.3 is 20.1 Å². The Labute approximate surface area is 192 Å². The van der Waals surface area contributed by atoms with Crippen LogP contribution >= 0.6 is 0 Å². The second-order valence-electron chi connectivity index (χ2n) is 9.00. The van der Waals surface area contributed by atoms with E-state index >= 15 is 0 Å². The lowest BCUT2D eigenvalue weighted by atomic mass is 9.98. The molecule has 0 spiro atoms. The Kier molecular flexibility index (Phi) is 5.40. The highest BCUT2D eigenvalue weighted by Gasteiger charge is 2.52. The van der Waals surface area contributed by atoms with Gasteiger partial charge in [0.1, 0.15) is 6.61 Å². The number of carbonyl (C=O) groups excluding carboxylic acids is 2. The van der Waals surface area contributed by atoms with E-state index in [2.05, 4.69) is 29.6 Å². The maximum absolute atomic E-state index is 13.0. The topological polar surface area (TPSA) is 95.9 Å². The largest absolute Gasteiger partial charge is 0.478 e. The normalized spacial score (nSPS) is 18.1. The molecule has 0 unspecified atom stereocenters. The van der Waals surface area contributed by atoms with E-state index in [9.17, 15) is 14.4 Å². The van der Waals surface area contributed by atoms with Crippen LogP contribution in [0.1, 0.15) is 36.3 Å². The molecule has 1 fully saturated rings. The summed E-state index contributed by atoms with van der Waals surface area (Å²) in [6.45, 7) is 1.15. The number of hydrogen-bond donors (Lipinski definition) is 2. The fourth-order valence-corrected chi connectivity index (χ4v) is 4.89. The van der Waals surface area contributed by atoms with E-state index in [1.165, 1.54) is 11.1 Å². The number of ether oxygens (including phenoxy) is 1. The molecule has 1 heterocycles. The van der Waals surface area contributed by atoms with Gasteiger partial charge in [0.05, 0.1) is 5.41 Å². The third-order valence-corrected chi connectivity index (χ3v) is 6.99.